The number of ether oxygens (including phenoxy) is 2. The smallest absolute Gasteiger partial charge is 0.321 e. The van der Waals surface area contributed by atoms with E-state index in [4.69, 9.17) is 9.47 Å². The third-order valence-electron chi connectivity index (χ3n) is 15.0. The Labute approximate surface area is 389 Å². The van der Waals surface area contributed by atoms with Crippen molar-refractivity contribution in [1.82, 2.24) is 20.6 Å². The van der Waals surface area contributed by atoms with Gasteiger partial charge in [0.1, 0.15) is 18.3 Å². The first-order valence-electron chi connectivity index (χ1n) is 24.6. The predicted octanol–water partition coefficient (Wildman–Crippen LogP) is 12.8. The summed E-state index contributed by atoms with van der Waals surface area (Å²) in [6.07, 6.45) is 20.9. The van der Waals surface area contributed by atoms with Crippen molar-refractivity contribution in [3.05, 3.63) is 86.0 Å². The first-order valence-corrected chi connectivity index (χ1v) is 24.6. The fourth-order valence-corrected chi connectivity index (χ4v) is 10.9. The average molecular weight is 891 g/mol. The molecule has 0 aromatic carbocycles. The van der Waals surface area contributed by atoms with Gasteiger partial charge in [-0.15, -0.1) is 0 Å². The fraction of sp³-hybridized carbons (Fsp3) is 0.582. The summed E-state index contributed by atoms with van der Waals surface area (Å²) in [6, 6.07) is 0. The number of carbonyl (C=O) groups excluding carboxylic acids is 3. The molecule has 65 heavy (non-hydrogen) atoms. The highest BCUT2D eigenvalue weighted by Crippen LogP contribution is 2.49. The van der Waals surface area contributed by atoms with E-state index in [9.17, 15) is 19.5 Å². The summed E-state index contributed by atoms with van der Waals surface area (Å²) in [6.45, 7) is 26.0. The number of carbonyl (C=O) groups is 3. The Morgan fingerprint density at radius 2 is 1.42 bits per heavy atom. The minimum absolute atomic E-state index is 0.0291. The third kappa shape index (κ3) is 11.0. The van der Waals surface area contributed by atoms with Crippen LogP contribution in [-0.4, -0.2) is 46.5 Å². The van der Waals surface area contributed by atoms with Crippen LogP contribution >= 0.6 is 0 Å². The maximum absolute atomic E-state index is 14.4. The topological polar surface area (TPSA) is 146 Å². The average Bonchev–Trinajstić information content (AvgIpc) is 4.00. The summed E-state index contributed by atoms with van der Waals surface area (Å²) >= 11 is 0. The van der Waals surface area contributed by atoms with Crippen molar-refractivity contribution >= 4 is 47.3 Å². The SMILES string of the molecule is C=C(O)c1c2[nH]c(c1C)/C=C1\N/C(=C3\c4[nH]c(c(C)c4C(=O)[C@@H]3C(=O)OC)/C=C3\N/C(=C\2)[C@@H](C)[C@H]3CC)[C@@H](CCC(=O)OC/C=C(\C)CCC[C@H](C)CCC[C@H](C)CCCC(C)C)[C@@H]1C. The van der Waals surface area contributed by atoms with Crippen molar-refractivity contribution in [3.63, 3.8) is 0 Å². The Morgan fingerprint density at radius 3 is 2.06 bits per heavy atom. The molecule has 0 unspecified atom stereocenters. The van der Waals surface area contributed by atoms with Gasteiger partial charge in [0.25, 0.3) is 0 Å². The third-order valence-corrected chi connectivity index (χ3v) is 15.0. The highest BCUT2D eigenvalue weighted by Gasteiger charge is 2.49. The number of nitrogens with one attached hydrogen (secondary N) is 4. The van der Waals surface area contributed by atoms with Gasteiger partial charge in [0.05, 0.1) is 18.5 Å². The molecule has 2 saturated heterocycles. The van der Waals surface area contributed by atoms with Crippen molar-refractivity contribution in [1.29, 1.82) is 0 Å². The number of esters is 2. The van der Waals surface area contributed by atoms with Crippen molar-refractivity contribution in [2.75, 3.05) is 13.7 Å². The number of hydrogen-bond donors (Lipinski definition) is 5. The van der Waals surface area contributed by atoms with E-state index >= 15 is 0 Å². The van der Waals surface area contributed by atoms with Gasteiger partial charge in [-0.25, -0.2) is 0 Å². The van der Waals surface area contributed by atoms with Crippen LogP contribution < -0.4 is 10.6 Å². The summed E-state index contributed by atoms with van der Waals surface area (Å²) in [5.74, 6) is -0.181. The van der Waals surface area contributed by atoms with Gasteiger partial charge in [-0.1, -0.05) is 106 Å². The van der Waals surface area contributed by atoms with E-state index in [1.807, 2.05) is 26.0 Å². The first-order chi connectivity index (χ1) is 30.9. The number of Topliss-reactive ketones (excluding diaryl/α,β-unsaturated/α-hetero) is 1. The molecular formula is C55H78N4O6. The van der Waals surface area contributed by atoms with E-state index in [0.717, 1.165) is 76.4 Å². The number of aliphatic hydroxyl groups is 1. The second-order valence-electron chi connectivity index (χ2n) is 20.3. The molecule has 4 aliphatic rings. The van der Waals surface area contributed by atoms with Gasteiger partial charge in [-0.2, -0.15) is 0 Å². The van der Waals surface area contributed by atoms with Crippen LogP contribution in [0.4, 0.5) is 0 Å². The number of rotatable bonds is 20. The molecule has 7 atom stereocenters. The molecule has 5 N–H and O–H groups in total. The number of methoxy groups -OCH3 is 1. The molecule has 2 aromatic heterocycles. The summed E-state index contributed by atoms with van der Waals surface area (Å²) in [5.41, 5.74) is 11.1. The van der Waals surface area contributed by atoms with Gasteiger partial charge in [0.15, 0.2) is 5.78 Å². The lowest BCUT2D eigenvalue weighted by molar-refractivity contribution is -0.143. The van der Waals surface area contributed by atoms with Gasteiger partial charge in [0.2, 0.25) is 0 Å². The number of H-pyrrole nitrogens is 2. The molecule has 8 bridgehead atoms. The maximum Gasteiger partial charge on any atom is 0.321 e. The van der Waals surface area contributed by atoms with Crippen molar-refractivity contribution in [3.8, 4) is 0 Å². The molecule has 0 radical (unpaired) electrons. The number of fused-ring (bicyclic) bond motifs is 7. The summed E-state index contributed by atoms with van der Waals surface area (Å²) in [7, 11) is 1.31. The molecular weight excluding hydrogens is 813 g/mol. The van der Waals surface area contributed by atoms with Crippen molar-refractivity contribution in [2.24, 2.45) is 47.3 Å². The Bertz CT molecular complexity index is 2280. The molecule has 1 aliphatic carbocycles. The lowest BCUT2D eigenvalue weighted by Gasteiger charge is -2.19. The molecule has 0 saturated carbocycles. The molecule has 0 amide bonds. The van der Waals surface area contributed by atoms with Crippen LogP contribution in [0.3, 0.4) is 0 Å². The van der Waals surface area contributed by atoms with E-state index in [-0.39, 0.29) is 54.2 Å². The van der Waals surface area contributed by atoms with E-state index < -0.39 is 11.9 Å². The highest BCUT2D eigenvalue weighted by atomic mass is 16.5. The molecule has 5 heterocycles. The van der Waals surface area contributed by atoms with Crippen molar-refractivity contribution < 1.29 is 29.0 Å². The van der Waals surface area contributed by atoms with E-state index in [0.29, 0.717) is 40.4 Å². The van der Waals surface area contributed by atoms with Crippen LogP contribution in [-0.2, 0) is 19.1 Å². The fourth-order valence-electron chi connectivity index (χ4n) is 10.9. The quantitative estimate of drug-likeness (QED) is 0.0382. The molecule has 3 aliphatic heterocycles. The standard InChI is InChI=1S/C55H78N4O6/c1-13-39-34(7)41-29-46-48(38(11)60)36(9)43(57-46)27-42-35(8)40(52(58-42)50-51(55(63)64-12)54(62)49-37(10)44(59-53(49)50)28-45(39)56-41)23-24-47(61)65-26-25-33(6)22-16-21-32(5)20-15-19-31(4)18-14-17-30(2)3/h25,27-32,34-35,39-40,51,56-60H,11,13-24,26H2,1-10,12H3/b33-25+,41-29-,42-27-,45-28-,52-50-/t31-,32-,34+,35+,39-,40+,51-/m1/s1. The Morgan fingerprint density at radius 1 is 0.815 bits per heavy atom. The monoisotopic (exact) mass is 891 g/mol. The van der Waals surface area contributed by atoms with Crippen LogP contribution in [0.1, 0.15) is 182 Å². The largest absolute Gasteiger partial charge is 0.508 e. The van der Waals surface area contributed by atoms with Crippen LogP contribution in [0.2, 0.25) is 0 Å². The second-order valence-corrected chi connectivity index (χ2v) is 20.3. The van der Waals surface area contributed by atoms with E-state index in [1.165, 1.54) is 57.6 Å². The highest BCUT2D eigenvalue weighted by molar-refractivity contribution is 6.24. The van der Waals surface area contributed by atoms with Gasteiger partial charge in [-0.3, -0.25) is 14.4 Å². The normalized spacial score (nSPS) is 25.8. The molecule has 2 aromatic rings. The van der Waals surface area contributed by atoms with Crippen LogP contribution in [0.5, 0.6) is 0 Å². The van der Waals surface area contributed by atoms with Gasteiger partial charge in [0, 0.05) is 81.0 Å². The van der Waals surface area contributed by atoms with Crippen LogP contribution in [0.15, 0.2) is 41.0 Å². The number of allylic oxidation sites excluding steroid dienone is 5. The zero-order valence-corrected chi connectivity index (χ0v) is 41.3. The maximum atomic E-state index is 14.4. The Balaban J connectivity index is 1.21. The van der Waals surface area contributed by atoms with Crippen LogP contribution in [0.25, 0.3) is 29.6 Å². The zero-order chi connectivity index (χ0) is 47.3. The summed E-state index contributed by atoms with van der Waals surface area (Å²) in [5, 5.41) is 18.2. The van der Waals surface area contributed by atoms with E-state index in [2.05, 4.69) is 94.7 Å². The lowest BCUT2D eigenvalue weighted by atomic mass is 9.85. The molecule has 10 nitrogen and oxygen atoms in total. The molecule has 10 heteroatoms. The molecule has 354 valence electrons. The lowest BCUT2D eigenvalue weighted by Crippen LogP contribution is -2.25. The van der Waals surface area contributed by atoms with Gasteiger partial charge >= 0.3 is 11.9 Å². The molecule has 6 rings (SSSR count). The first kappa shape index (κ1) is 49.4. The van der Waals surface area contributed by atoms with Crippen LogP contribution in [0, 0.1) is 61.2 Å². The number of aromatic amines is 2. The van der Waals surface area contributed by atoms with Gasteiger partial charge < -0.3 is 35.2 Å². The Kier molecular flexibility index (Phi) is 16.4. The predicted molar refractivity (Wildman–Crippen MR) is 264 cm³/mol. The summed E-state index contributed by atoms with van der Waals surface area (Å²) in [4.78, 5) is 48.7. The zero-order valence-electron chi connectivity index (χ0n) is 41.3. The minimum atomic E-state index is -1.17. The van der Waals surface area contributed by atoms with Crippen molar-refractivity contribution in [2.45, 2.75) is 146 Å². The Hall–Kier alpha value is -4.99. The van der Waals surface area contributed by atoms with E-state index in [1.54, 1.807) is 0 Å². The molecule has 0 spiro atoms. The number of aromatic nitrogens is 2. The molecule has 2 fully saturated rings. The number of ketones is 1. The summed E-state index contributed by atoms with van der Waals surface area (Å²) < 4.78 is 11.1. The number of aliphatic hydroxyl groups excluding tert-OH is 1. The van der Waals surface area contributed by atoms with Gasteiger partial charge in [-0.05, 0) is 99.6 Å². The second kappa shape index (κ2) is 21.5. The minimum Gasteiger partial charge on any atom is -0.508 e. The number of hydrogen-bond acceptors (Lipinski definition) is 8.